The maximum absolute atomic E-state index is 12.5. The molecule has 0 spiro atoms. The molecule has 24 heavy (non-hydrogen) atoms. The first kappa shape index (κ1) is 16.9. The van der Waals surface area contributed by atoms with Crippen molar-refractivity contribution in [1.29, 1.82) is 0 Å². The second-order valence-corrected chi connectivity index (χ2v) is 6.67. The third-order valence-corrected chi connectivity index (χ3v) is 5.13. The Balaban J connectivity index is 1.98. The summed E-state index contributed by atoms with van der Waals surface area (Å²) in [6, 6.07) is -0.0469. The van der Waals surface area contributed by atoms with E-state index in [1.807, 2.05) is 6.08 Å². The van der Waals surface area contributed by atoms with Crippen LogP contribution in [-0.4, -0.2) is 59.4 Å². The lowest BCUT2D eigenvalue weighted by Crippen LogP contribution is -2.41. The molecule has 0 bridgehead atoms. The normalized spacial score (nSPS) is 38.4. The third-order valence-electron chi connectivity index (χ3n) is 5.13. The second-order valence-electron chi connectivity index (χ2n) is 6.67. The molecular weight excluding hydrogens is 310 g/mol. The number of ether oxygens (including phenoxy) is 2. The molecule has 0 unspecified atom stereocenters. The molecular formula is C18H23NO5. The van der Waals surface area contributed by atoms with E-state index >= 15 is 0 Å². The average molecular weight is 333 g/mol. The van der Waals surface area contributed by atoms with Crippen molar-refractivity contribution >= 4 is 11.9 Å². The fourth-order valence-electron chi connectivity index (χ4n) is 3.42. The molecule has 0 aliphatic carbocycles. The molecule has 0 amide bonds. The van der Waals surface area contributed by atoms with Crippen molar-refractivity contribution < 1.29 is 24.2 Å². The number of esters is 2. The van der Waals surface area contributed by atoms with Gasteiger partial charge < -0.3 is 14.6 Å². The number of nitrogens with zero attached hydrogens (tertiary/aromatic N) is 1. The first-order chi connectivity index (χ1) is 11.3. The maximum atomic E-state index is 12.5. The van der Waals surface area contributed by atoms with Crippen LogP contribution in [0.15, 0.2) is 34.9 Å². The van der Waals surface area contributed by atoms with Crippen molar-refractivity contribution in [2.75, 3.05) is 19.7 Å². The predicted molar refractivity (Wildman–Crippen MR) is 87.0 cm³/mol. The van der Waals surface area contributed by atoms with E-state index < -0.39 is 17.5 Å². The number of hydrogen-bond donors (Lipinski definition) is 1. The Morgan fingerprint density at radius 2 is 2.17 bits per heavy atom. The Morgan fingerprint density at radius 1 is 1.42 bits per heavy atom. The van der Waals surface area contributed by atoms with E-state index in [0.717, 1.165) is 25.1 Å². The zero-order valence-corrected chi connectivity index (χ0v) is 14.2. The summed E-state index contributed by atoms with van der Waals surface area (Å²) in [7, 11) is 0. The quantitative estimate of drug-likeness (QED) is 0.407. The lowest BCUT2D eigenvalue weighted by atomic mass is 9.94. The van der Waals surface area contributed by atoms with Crippen LogP contribution in [-0.2, 0) is 19.1 Å². The van der Waals surface area contributed by atoms with Gasteiger partial charge in [0, 0.05) is 13.1 Å². The van der Waals surface area contributed by atoms with Gasteiger partial charge in [-0.15, -0.1) is 0 Å². The third kappa shape index (κ3) is 2.80. The van der Waals surface area contributed by atoms with E-state index in [9.17, 15) is 14.7 Å². The fraction of sp³-hybridized carbons (Fsp3) is 0.556. The van der Waals surface area contributed by atoms with Gasteiger partial charge >= 0.3 is 11.9 Å². The summed E-state index contributed by atoms with van der Waals surface area (Å²) in [5.74, 6) is -1.14. The summed E-state index contributed by atoms with van der Waals surface area (Å²) in [5.41, 5.74) is -0.202. The Morgan fingerprint density at radius 3 is 2.88 bits per heavy atom. The second kappa shape index (κ2) is 6.18. The Bertz CT molecular complexity index is 658. The molecule has 1 saturated heterocycles. The summed E-state index contributed by atoms with van der Waals surface area (Å²) in [6.07, 6.45) is 5.64. The van der Waals surface area contributed by atoms with Crippen molar-refractivity contribution in [3.05, 3.63) is 34.9 Å². The van der Waals surface area contributed by atoms with Crippen LogP contribution in [0.4, 0.5) is 0 Å². The Hall–Kier alpha value is -1.92. The molecule has 0 radical (unpaired) electrons. The van der Waals surface area contributed by atoms with Crippen LogP contribution in [0.2, 0.25) is 0 Å². The monoisotopic (exact) mass is 333 g/mol. The molecule has 1 N–H and O–H groups in total. The minimum atomic E-state index is -1.79. The molecule has 3 rings (SSSR count). The van der Waals surface area contributed by atoms with E-state index in [0.29, 0.717) is 11.1 Å². The molecule has 130 valence electrons. The average Bonchev–Trinajstić information content (AvgIpc) is 3.12. The Kier molecular flexibility index (Phi) is 4.36. The highest BCUT2D eigenvalue weighted by atomic mass is 16.6. The van der Waals surface area contributed by atoms with Crippen LogP contribution in [0.3, 0.4) is 0 Å². The number of hydrogen-bond acceptors (Lipinski definition) is 6. The molecule has 1 fully saturated rings. The number of carbonyl (C=O) groups is 2. The van der Waals surface area contributed by atoms with Crippen molar-refractivity contribution in [3.63, 3.8) is 0 Å². The van der Waals surface area contributed by atoms with Gasteiger partial charge in [-0.05, 0) is 44.4 Å². The topological polar surface area (TPSA) is 76.1 Å². The molecule has 0 saturated carbocycles. The van der Waals surface area contributed by atoms with Crippen LogP contribution in [0.5, 0.6) is 0 Å². The maximum Gasteiger partial charge on any atom is 0.342 e. The number of allylic oxidation sites excluding steroid dienone is 1. The van der Waals surface area contributed by atoms with Gasteiger partial charge in [-0.3, -0.25) is 4.90 Å². The van der Waals surface area contributed by atoms with Crippen molar-refractivity contribution in [2.24, 2.45) is 0 Å². The lowest BCUT2D eigenvalue weighted by molar-refractivity contribution is -0.159. The summed E-state index contributed by atoms with van der Waals surface area (Å²) in [5, 5.41) is 10.5. The summed E-state index contributed by atoms with van der Waals surface area (Å²) < 4.78 is 11.1. The summed E-state index contributed by atoms with van der Waals surface area (Å²) >= 11 is 0. The van der Waals surface area contributed by atoms with Gasteiger partial charge in [0.15, 0.2) is 5.60 Å². The molecule has 0 aromatic carbocycles. The van der Waals surface area contributed by atoms with Gasteiger partial charge in [-0.25, -0.2) is 9.59 Å². The van der Waals surface area contributed by atoms with Crippen LogP contribution >= 0.6 is 0 Å². The smallest absolute Gasteiger partial charge is 0.342 e. The highest BCUT2D eigenvalue weighted by molar-refractivity contribution is 5.93. The minimum absolute atomic E-state index is 0.0469. The first-order valence-corrected chi connectivity index (χ1v) is 8.23. The Labute approximate surface area is 141 Å². The highest BCUT2D eigenvalue weighted by Crippen LogP contribution is 2.33. The van der Waals surface area contributed by atoms with E-state index in [2.05, 4.69) is 4.90 Å². The van der Waals surface area contributed by atoms with E-state index in [1.54, 1.807) is 19.9 Å². The zero-order valence-electron chi connectivity index (χ0n) is 14.2. The largest absolute Gasteiger partial charge is 0.459 e. The van der Waals surface area contributed by atoms with Crippen LogP contribution in [0.25, 0.3) is 0 Å². The number of aliphatic hydroxyl groups is 1. The summed E-state index contributed by atoms with van der Waals surface area (Å²) in [4.78, 5) is 27.0. The SMILES string of the molecule is C/C=C1\C=C(\C)[C@](C)(O)C(=O)OCC2=CCN3CC[C@H](OC1=O)[C@H]23. The summed E-state index contributed by atoms with van der Waals surface area (Å²) in [6.45, 7) is 6.40. The standard InChI is InChI=1S/C18H23NO5/c1-4-12-9-11(2)18(3,22)17(21)23-10-13-5-7-19-8-6-14(15(13)19)24-16(12)20/h4-5,9,14-15,22H,6-8,10H2,1-3H3/b11-9-,12-4+/t14-,15-,18-/m0/s1. The minimum Gasteiger partial charge on any atom is -0.459 e. The van der Waals surface area contributed by atoms with Gasteiger partial charge in [0.1, 0.15) is 12.7 Å². The molecule has 0 aromatic rings. The number of carbonyl (C=O) groups excluding carboxylic acids is 2. The van der Waals surface area contributed by atoms with E-state index in [-0.39, 0.29) is 18.8 Å². The van der Waals surface area contributed by atoms with Gasteiger partial charge in [0.05, 0.1) is 11.6 Å². The first-order valence-electron chi connectivity index (χ1n) is 8.23. The number of rotatable bonds is 0. The molecule has 3 aliphatic rings. The van der Waals surface area contributed by atoms with E-state index in [1.165, 1.54) is 13.0 Å². The van der Waals surface area contributed by atoms with Crippen molar-refractivity contribution in [2.45, 2.75) is 44.9 Å². The van der Waals surface area contributed by atoms with Gasteiger partial charge in [0.2, 0.25) is 0 Å². The van der Waals surface area contributed by atoms with E-state index in [4.69, 9.17) is 9.47 Å². The molecule has 3 heterocycles. The molecule has 6 nitrogen and oxygen atoms in total. The van der Waals surface area contributed by atoms with Gasteiger partial charge in [0.25, 0.3) is 0 Å². The number of cyclic esters (lactones) is 1. The fourth-order valence-corrected chi connectivity index (χ4v) is 3.42. The van der Waals surface area contributed by atoms with Gasteiger partial charge in [-0.1, -0.05) is 12.2 Å². The zero-order chi connectivity index (χ0) is 17.5. The van der Waals surface area contributed by atoms with Gasteiger partial charge in [-0.2, -0.15) is 0 Å². The molecule has 6 heteroatoms. The lowest BCUT2D eigenvalue weighted by Gasteiger charge is -2.27. The molecule has 3 aliphatic heterocycles. The van der Waals surface area contributed by atoms with Crippen LogP contribution in [0, 0.1) is 0 Å². The van der Waals surface area contributed by atoms with Crippen molar-refractivity contribution in [3.8, 4) is 0 Å². The predicted octanol–water partition coefficient (Wildman–Crippen LogP) is 1.11. The van der Waals surface area contributed by atoms with Crippen LogP contribution in [0.1, 0.15) is 27.2 Å². The van der Waals surface area contributed by atoms with Crippen LogP contribution < -0.4 is 0 Å². The highest BCUT2D eigenvalue weighted by Gasteiger charge is 2.43. The molecule has 0 aromatic heterocycles. The molecule has 3 atom stereocenters. The van der Waals surface area contributed by atoms with Crippen molar-refractivity contribution in [1.82, 2.24) is 4.90 Å².